The lowest BCUT2D eigenvalue weighted by atomic mass is 9.91. The highest BCUT2D eigenvalue weighted by Gasteiger charge is 2.39. The lowest BCUT2D eigenvalue weighted by Crippen LogP contribution is -2.56. The quantitative estimate of drug-likeness (QED) is 0.906. The number of hydrogen-bond donors (Lipinski definition) is 2. The molecule has 0 unspecified atom stereocenters. The first-order chi connectivity index (χ1) is 10.5. The molecule has 1 saturated heterocycles. The molecule has 2 aromatic rings. The van der Waals surface area contributed by atoms with Crippen molar-refractivity contribution in [1.82, 2.24) is 14.9 Å². The Kier molecular flexibility index (Phi) is 4.13. The van der Waals surface area contributed by atoms with Crippen molar-refractivity contribution in [3.05, 3.63) is 48.3 Å². The van der Waals surface area contributed by atoms with Gasteiger partial charge in [-0.2, -0.15) is 0 Å². The summed E-state index contributed by atoms with van der Waals surface area (Å²) in [6, 6.07) is 6.02. The van der Waals surface area contributed by atoms with Crippen molar-refractivity contribution in [2.75, 3.05) is 13.1 Å². The fraction of sp³-hybridized carbons (Fsp3) is 0.438. The van der Waals surface area contributed by atoms with Gasteiger partial charge in [0, 0.05) is 37.6 Å². The van der Waals surface area contributed by atoms with Crippen LogP contribution >= 0.6 is 0 Å². The van der Waals surface area contributed by atoms with Gasteiger partial charge in [0.15, 0.2) is 0 Å². The van der Waals surface area contributed by atoms with Gasteiger partial charge in [0.25, 0.3) is 0 Å². The molecule has 1 aliphatic rings. The first-order valence-corrected chi connectivity index (χ1v) is 7.37. The number of hydrogen-bond acceptors (Lipinski definition) is 4. The summed E-state index contributed by atoms with van der Waals surface area (Å²) in [4.78, 5) is 9.21. The van der Waals surface area contributed by atoms with Crippen LogP contribution in [0.4, 0.5) is 4.39 Å². The Morgan fingerprint density at radius 3 is 3.09 bits per heavy atom. The van der Waals surface area contributed by atoms with E-state index in [1.54, 1.807) is 31.6 Å². The predicted octanol–water partition coefficient (Wildman–Crippen LogP) is 1.95. The molecule has 3 rings (SSSR count). The van der Waals surface area contributed by atoms with Crippen molar-refractivity contribution in [1.29, 1.82) is 0 Å². The second kappa shape index (κ2) is 6.06. The van der Waals surface area contributed by atoms with Crippen LogP contribution in [0.15, 0.2) is 36.8 Å². The van der Waals surface area contributed by atoms with E-state index in [2.05, 4.69) is 14.9 Å². The average molecular weight is 305 g/mol. The van der Waals surface area contributed by atoms with E-state index in [0.717, 1.165) is 12.2 Å². The number of nitrogens with zero attached hydrogens (tertiary/aromatic N) is 2. The van der Waals surface area contributed by atoms with Crippen molar-refractivity contribution >= 4 is 0 Å². The van der Waals surface area contributed by atoms with Crippen molar-refractivity contribution < 1.29 is 14.2 Å². The van der Waals surface area contributed by atoms with Gasteiger partial charge in [-0.1, -0.05) is 6.07 Å². The number of aromatic nitrogens is 2. The summed E-state index contributed by atoms with van der Waals surface area (Å²) in [6.45, 7) is 3.76. The van der Waals surface area contributed by atoms with Crippen LogP contribution in [-0.4, -0.2) is 44.8 Å². The minimum atomic E-state index is -0.995. The van der Waals surface area contributed by atoms with Crippen molar-refractivity contribution in [3.63, 3.8) is 0 Å². The summed E-state index contributed by atoms with van der Waals surface area (Å²) in [5.41, 5.74) is 0.0187. The molecule has 0 amide bonds. The fourth-order valence-corrected chi connectivity index (χ4v) is 2.88. The van der Waals surface area contributed by atoms with Crippen LogP contribution in [0.25, 0.3) is 0 Å². The Balaban J connectivity index is 1.63. The smallest absolute Gasteiger partial charge is 0.129 e. The molecular weight excluding hydrogens is 285 g/mol. The summed E-state index contributed by atoms with van der Waals surface area (Å²) in [6.07, 6.45) is 3.75. The van der Waals surface area contributed by atoms with Crippen LogP contribution in [0.2, 0.25) is 0 Å². The van der Waals surface area contributed by atoms with Gasteiger partial charge in [0.05, 0.1) is 6.33 Å². The van der Waals surface area contributed by atoms with Crippen LogP contribution in [0, 0.1) is 5.82 Å². The van der Waals surface area contributed by atoms with E-state index in [1.165, 1.54) is 12.1 Å². The molecule has 1 aliphatic heterocycles. The van der Waals surface area contributed by atoms with Gasteiger partial charge in [-0.15, -0.1) is 0 Å². The number of imidazole rings is 1. The maximum Gasteiger partial charge on any atom is 0.129 e. The Bertz CT molecular complexity index is 616. The minimum Gasteiger partial charge on any atom is -0.487 e. The molecule has 6 heteroatoms. The molecule has 0 radical (unpaired) electrons. The zero-order chi connectivity index (χ0) is 15.6. The maximum absolute atomic E-state index is 13.2. The van der Waals surface area contributed by atoms with Crippen LogP contribution < -0.4 is 4.74 Å². The molecule has 2 atom stereocenters. The Labute approximate surface area is 128 Å². The third-order valence-corrected chi connectivity index (χ3v) is 3.97. The van der Waals surface area contributed by atoms with Gasteiger partial charge in [-0.25, -0.2) is 9.37 Å². The number of ether oxygens (including phenoxy) is 1. The molecule has 1 fully saturated rings. The first kappa shape index (κ1) is 15.0. The van der Waals surface area contributed by atoms with Gasteiger partial charge in [-0.05, 0) is 25.5 Å². The monoisotopic (exact) mass is 305 g/mol. The number of β-amino-alcohol motifs (C(OH)–C–C–N with tert-alkyl or cyclic N) is 1. The number of likely N-dealkylation sites (tertiary alicyclic amines) is 1. The SMILES string of the molecule is C[C@]1(O)CN(Cc2cnc[nH]2)CC[C@@H]1Oc1cccc(F)c1. The summed E-state index contributed by atoms with van der Waals surface area (Å²) < 4.78 is 19.0. The van der Waals surface area contributed by atoms with Crippen LogP contribution in [0.3, 0.4) is 0 Å². The van der Waals surface area contributed by atoms with Gasteiger partial charge >= 0.3 is 0 Å². The Hall–Kier alpha value is -1.92. The minimum absolute atomic E-state index is 0.339. The highest BCUT2D eigenvalue weighted by atomic mass is 19.1. The van der Waals surface area contributed by atoms with Gasteiger partial charge < -0.3 is 14.8 Å². The van der Waals surface area contributed by atoms with E-state index in [-0.39, 0.29) is 11.9 Å². The molecular formula is C16H20FN3O2. The normalized spacial score (nSPS) is 26.0. The molecule has 0 aliphatic carbocycles. The highest BCUT2D eigenvalue weighted by molar-refractivity contribution is 5.23. The summed E-state index contributed by atoms with van der Waals surface area (Å²) in [5, 5.41) is 10.7. The second-order valence-corrected chi connectivity index (χ2v) is 6.00. The number of nitrogens with one attached hydrogen (secondary N) is 1. The van der Waals surface area contributed by atoms with E-state index in [1.807, 2.05) is 0 Å². The van der Waals surface area contributed by atoms with E-state index in [4.69, 9.17) is 4.74 Å². The first-order valence-electron chi connectivity index (χ1n) is 7.37. The van der Waals surface area contributed by atoms with E-state index in [9.17, 15) is 9.50 Å². The molecule has 2 heterocycles. The molecule has 0 bridgehead atoms. The van der Waals surface area contributed by atoms with E-state index < -0.39 is 5.60 Å². The third-order valence-electron chi connectivity index (χ3n) is 3.97. The van der Waals surface area contributed by atoms with E-state index >= 15 is 0 Å². The zero-order valence-corrected chi connectivity index (χ0v) is 12.5. The van der Waals surface area contributed by atoms with Crippen LogP contribution in [0.5, 0.6) is 5.75 Å². The third kappa shape index (κ3) is 3.45. The predicted molar refractivity (Wildman–Crippen MR) is 79.9 cm³/mol. The number of rotatable bonds is 4. The summed E-state index contributed by atoms with van der Waals surface area (Å²) in [5.74, 6) is 0.112. The zero-order valence-electron chi connectivity index (χ0n) is 12.5. The Morgan fingerprint density at radius 1 is 1.55 bits per heavy atom. The largest absolute Gasteiger partial charge is 0.487 e. The lowest BCUT2D eigenvalue weighted by molar-refractivity contribution is -0.0995. The van der Waals surface area contributed by atoms with Gasteiger partial charge in [0.1, 0.15) is 23.3 Å². The number of halogens is 1. The number of aromatic amines is 1. The van der Waals surface area contributed by atoms with Gasteiger partial charge in [-0.3, -0.25) is 4.90 Å². The standard InChI is InChI=1S/C16H20FN3O2/c1-16(21)10-20(9-13-8-18-11-19-13)6-5-15(16)22-14-4-2-3-12(17)7-14/h2-4,7-8,11,15,21H,5-6,9-10H2,1H3,(H,18,19)/t15-,16-/m0/s1. The van der Waals surface area contributed by atoms with Crippen molar-refractivity contribution in [3.8, 4) is 5.75 Å². The van der Waals surface area contributed by atoms with Crippen LogP contribution in [0.1, 0.15) is 19.0 Å². The molecule has 5 nitrogen and oxygen atoms in total. The number of aliphatic hydroxyl groups is 1. The second-order valence-electron chi connectivity index (χ2n) is 6.00. The fourth-order valence-electron chi connectivity index (χ4n) is 2.88. The molecule has 0 saturated carbocycles. The summed E-state index contributed by atoms with van der Waals surface area (Å²) >= 11 is 0. The molecule has 2 N–H and O–H groups in total. The molecule has 1 aromatic heterocycles. The molecule has 1 aromatic carbocycles. The van der Waals surface area contributed by atoms with Gasteiger partial charge in [0.2, 0.25) is 0 Å². The number of benzene rings is 1. The van der Waals surface area contributed by atoms with Crippen molar-refractivity contribution in [2.45, 2.75) is 31.6 Å². The average Bonchev–Trinajstić information content (AvgIpc) is 2.94. The van der Waals surface area contributed by atoms with Crippen LogP contribution in [-0.2, 0) is 6.54 Å². The van der Waals surface area contributed by atoms with Crippen molar-refractivity contribution in [2.24, 2.45) is 0 Å². The molecule has 118 valence electrons. The topological polar surface area (TPSA) is 61.4 Å². The molecule has 22 heavy (non-hydrogen) atoms. The number of H-pyrrole nitrogens is 1. The summed E-state index contributed by atoms with van der Waals surface area (Å²) in [7, 11) is 0. The highest BCUT2D eigenvalue weighted by Crippen LogP contribution is 2.27. The maximum atomic E-state index is 13.2. The lowest BCUT2D eigenvalue weighted by Gasteiger charge is -2.42. The Morgan fingerprint density at radius 2 is 2.41 bits per heavy atom. The molecule has 0 spiro atoms. The van der Waals surface area contributed by atoms with E-state index in [0.29, 0.717) is 25.3 Å². The number of piperidine rings is 1.